The van der Waals surface area contributed by atoms with Gasteiger partial charge in [0.2, 0.25) is 10.0 Å². The highest BCUT2D eigenvalue weighted by Gasteiger charge is 2.27. The molecule has 0 bridgehead atoms. The normalized spacial score (nSPS) is 13.8. The van der Waals surface area contributed by atoms with E-state index >= 15 is 0 Å². The van der Waals surface area contributed by atoms with Gasteiger partial charge >= 0.3 is 0 Å². The standard InChI is InChI=1S/C20H24N4O5S/c1-14-3-5-15(6-4-14)13-21-18(25)16-7-8-17-20(27)23(10-9-22-30(2,28)29)11-12-24(17)19(16)26/h3-8,22H,9-13H2,1-2H3,(H,21,25). The van der Waals surface area contributed by atoms with Crippen LogP contribution in [0.1, 0.15) is 32.0 Å². The van der Waals surface area contributed by atoms with E-state index in [4.69, 9.17) is 0 Å². The quantitative estimate of drug-likeness (QED) is 0.643. The molecule has 0 saturated carbocycles. The lowest BCUT2D eigenvalue weighted by molar-refractivity contribution is 0.0702. The first-order valence-electron chi connectivity index (χ1n) is 9.47. The number of aromatic nitrogens is 1. The number of amides is 2. The van der Waals surface area contributed by atoms with Gasteiger partial charge in [0, 0.05) is 32.7 Å². The number of rotatable bonds is 7. The molecule has 3 rings (SSSR count). The molecule has 1 aliphatic rings. The number of nitrogens with zero attached hydrogens (tertiary/aromatic N) is 2. The zero-order valence-electron chi connectivity index (χ0n) is 16.8. The molecule has 1 aromatic heterocycles. The smallest absolute Gasteiger partial charge is 0.270 e. The molecule has 0 fully saturated rings. The monoisotopic (exact) mass is 432 g/mol. The number of hydrogen-bond donors (Lipinski definition) is 2. The number of pyridine rings is 1. The first-order chi connectivity index (χ1) is 14.2. The van der Waals surface area contributed by atoms with Crippen molar-refractivity contribution in [3.8, 4) is 0 Å². The van der Waals surface area contributed by atoms with E-state index in [1.165, 1.54) is 21.6 Å². The second-order valence-corrected chi connectivity index (χ2v) is 9.05. The molecule has 0 radical (unpaired) electrons. The summed E-state index contributed by atoms with van der Waals surface area (Å²) in [4.78, 5) is 39.3. The SMILES string of the molecule is Cc1ccc(CNC(=O)c2ccc3n(c2=O)CCN(CCNS(C)(=O)=O)C3=O)cc1. The summed E-state index contributed by atoms with van der Waals surface area (Å²) in [6, 6.07) is 10.5. The second kappa shape index (κ2) is 8.80. The van der Waals surface area contributed by atoms with Gasteiger partial charge in [0.05, 0.1) is 6.26 Å². The van der Waals surface area contributed by atoms with E-state index in [-0.39, 0.29) is 43.3 Å². The summed E-state index contributed by atoms with van der Waals surface area (Å²) < 4.78 is 26.0. The molecule has 2 N–H and O–H groups in total. The third-order valence-electron chi connectivity index (χ3n) is 4.84. The molecule has 2 amide bonds. The van der Waals surface area contributed by atoms with Crippen molar-refractivity contribution in [1.29, 1.82) is 0 Å². The predicted molar refractivity (Wildman–Crippen MR) is 112 cm³/mol. The van der Waals surface area contributed by atoms with E-state index < -0.39 is 21.5 Å². The van der Waals surface area contributed by atoms with E-state index in [9.17, 15) is 22.8 Å². The van der Waals surface area contributed by atoms with Gasteiger partial charge in [0.1, 0.15) is 11.3 Å². The zero-order chi connectivity index (χ0) is 21.9. The number of fused-ring (bicyclic) bond motifs is 1. The van der Waals surface area contributed by atoms with E-state index in [0.29, 0.717) is 6.54 Å². The maximum absolute atomic E-state index is 12.7. The Hall–Kier alpha value is -2.98. The Morgan fingerprint density at radius 1 is 1.07 bits per heavy atom. The Morgan fingerprint density at radius 2 is 1.77 bits per heavy atom. The van der Waals surface area contributed by atoms with E-state index in [2.05, 4.69) is 10.0 Å². The van der Waals surface area contributed by atoms with Gasteiger partial charge in [-0.3, -0.25) is 14.4 Å². The van der Waals surface area contributed by atoms with E-state index in [1.807, 2.05) is 31.2 Å². The summed E-state index contributed by atoms with van der Waals surface area (Å²) >= 11 is 0. The highest BCUT2D eigenvalue weighted by molar-refractivity contribution is 7.88. The molecule has 30 heavy (non-hydrogen) atoms. The van der Waals surface area contributed by atoms with Crippen molar-refractivity contribution in [2.75, 3.05) is 25.9 Å². The minimum atomic E-state index is -3.34. The van der Waals surface area contributed by atoms with Gasteiger partial charge in [0.25, 0.3) is 17.4 Å². The lowest BCUT2D eigenvalue weighted by Crippen LogP contribution is -2.48. The number of benzene rings is 1. The van der Waals surface area contributed by atoms with Crippen LogP contribution in [0.5, 0.6) is 0 Å². The summed E-state index contributed by atoms with van der Waals surface area (Å²) in [5, 5.41) is 2.73. The summed E-state index contributed by atoms with van der Waals surface area (Å²) in [5.41, 5.74) is 1.67. The first kappa shape index (κ1) is 21.7. The fourth-order valence-electron chi connectivity index (χ4n) is 3.21. The van der Waals surface area contributed by atoms with Gasteiger partial charge in [-0.2, -0.15) is 0 Å². The number of nitrogens with one attached hydrogen (secondary N) is 2. The third-order valence-corrected chi connectivity index (χ3v) is 5.57. The topological polar surface area (TPSA) is 118 Å². The lowest BCUT2D eigenvalue weighted by Gasteiger charge is -2.29. The molecule has 9 nitrogen and oxygen atoms in total. The molecule has 10 heteroatoms. The summed E-state index contributed by atoms with van der Waals surface area (Å²) in [6.45, 7) is 3.04. The third kappa shape index (κ3) is 5.14. The molecule has 160 valence electrons. The van der Waals surface area contributed by atoms with Crippen molar-refractivity contribution in [3.05, 3.63) is 69.1 Å². The Balaban J connectivity index is 1.69. The van der Waals surface area contributed by atoms with Crippen LogP contribution >= 0.6 is 0 Å². The van der Waals surface area contributed by atoms with Crippen molar-refractivity contribution in [1.82, 2.24) is 19.5 Å². The van der Waals surface area contributed by atoms with Crippen molar-refractivity contribution in [2.24, 2.45) is 0 Å². The van der Waals surface area contributed by atoms with Crippen LogP contribution in [0.3, 0.4) is 0 Å². The number of sulfonamides is 1. The number of carbonyl (C=O) groups is 2. The Kier molecular flexibility index (Phi) is 6.37. The average Bonchev–Trinajstić information content (AvgIpc) is 2.68. The fraction of sp³-hybridized carbons (Fsp3) is 0.350. The summed E-state index contributed by atoms with van der Waals surface area (Å²) in [6.07, 6.45) is 1.05. The Bertz CT molecular complexity index is 1120. The fourth-order valence-corrected chi connectivity index (χ4v) is 3.67. The van der Waals surface area contributed by atoms with Crippen LogP contribution in [0.4, 0.5) is 0 Å². The lowest BCUT2D eigenvalue weighted by atomic mass is 10.1. The molecule has 0 saturated heterocycles. The van der Waals surface area contributed by atoms with Crippen LogP contribution < -0.4 is 15.6 Å². The van der Waals surface area contributed by atoms with Crippen LogP contribution in [0.2, 0.25) is 0 Å². The Morgan fingerprint density at radius 3 is 2.43 bits per heavy atom. The van der Waals surface area contributed by atoms with Gasteiger partial charge in [-0.15, -0.1) is 0 Å². The van der Waals surface area contributed by atoms with E-state index in [1.54, 1.807) is 0 Å². The minimum Gasteiger partial charge on any atom is -0.348 e. The van der Waals surface area contributed by atoms with Gasteiger partial charge in [-0.25, -0.2) is 13.1 Å². The molecule has 0 spiro atoms. The molecule has 2 heterocycles. The highest BCUT2D eigenvalue weighted by atomic mass is 32.2. The van der Waals surface area contributed by atoms with Crippen LogP contribution in [0.15, 0.2) is 41.2 Å². The largest absolute Gasteiger partial charge is 0.348 e. The molecule has 1 aliphatic heterocycles. The zero-order valence-corrected chi connectivity index (χ0v) is 17.7. The Labute approximate surface area is 174 Å². The number of hydrogen-bond acceptors (Lipinski definition) is 5. The van der Waals surface area contributed by atoms with Gasteiger partial charge < -0.3 is 14.8 Å². The summed E-state index contributed by atoms with van der Waals surface area (Å²) in [5.74, 6) is -0.872. The van der Waals surface area contributed by atoms with Gasteiger partial charge in [-0.1, -0.05) is 29.8 Å². The van der Waals surface area contributed by atoms with Gasteiger partial charge in [0.15, 0.2) is 0 Å². The van der Waals surface area contributed by atoms with Crippen molar-refractivity contribution in [3.63, 3.8) is 0 Å². The maximum atomic E-state index is 12.7. The number of carbonyl (C=O) groups excluding carboxylic acids is 2. The molecule has 1 aromatic carbocycles. The maximum Gasteiger partial charge on any atom is 0.270 e. The molecule has 2 aromatic rings. The molecule has 0 atom stereocenters. The minimum absolute atomic E-state index is 0.0224. The molecular formula is C20H24N4O5S. The molecule has 0 aliphatic carbocycles. The van der Waals surface area contributed by atoms with Crippen molar-refractivity contribution in [2.45, 2.75) is 20.0 Å². The molecular weight excluding hydrogens is 408 g/mol. The van der Waals surface area contributed by atoms with Crippen LogP contribution in [0.25, 0.3) is 0 Å². The van der Waals surface area contributed by atoms with Crippen molar-refractivity contribution < 1.29 is 18.0 Å². The summed E-state index contributed by atoms with van der Waals surface area (Å²) in [7, 11) is -3.34. The highest BCUT2D eigenvalue weighted by Crippen LogP contribution is 2.11. The predicted octanol–water partition coefficient (Wildman–Crippen LogP) is 0.0917. The van der Waals surface area contributed by atoms with Crippen LogP contribution in [-0.2, 0) is 23.1 Å². The number of aryl methyl sites for hydroxylation is 1. The first-order valence-corrected chi connectivity index (χ1v) is 11.4. The average molecular weight is 433 g/mol. The molecule has 0 unspecified atom stereocenters. The van der Waals surface area contributed by atoms with Crippen molar-refractivity contribution >= 4 is 21.8 Å². The van der Waals surface area contributed by atoms with Crippen LogP contribution in [0, 0.1) is 6.92 Å². The van der Waals surface area contributed by atoms with Gasteiger partial charge in [-0.05, 0) is 24.6 Å². The van der Waals surface area contributed by atoms with Crippen LogP contribution in [-0.4, -0.2) is 55.6 Å². The van der Waals surface area contributed by atoms with E-state index in [0.717, 1.165) is 17.4 Å². The second-order valence-electron chi connectivity index (χ2n) is 7.22.